The van der Waals surface area contributed by atoms with Gasteiger partial charge in [0, 0.05) is 24.9 Å². The Balaban J connectivity index is 0.875. The highest BCUT2D eigenvalue weighted by Crippen LogP contribution is 2.43. The molecule has 2 N–H and O–H groups in total. The molecule has 2 aliphatic carbocycles. The van der Waals surface area contributed by atoms with E-state index in [0.29, 0.717) is 41.6 Å². The number of anilines is 2. The molecule has 0 bridgehead atoms. The van der Waals surface area contributed by atoms with E-state index >= 15 is 0 Å². The van der Waals surface area contributed by atoms with Crippen LogP contribution in [0.5, 0.6) is 0 Å². The molecule has 3 heterocycles. The lowest BCUT2D eigenvalue weighted by Crippen LogP contribution is -2.41. The van der Waals surface area contributed by atoms with Gasteiger partial charge < -0.3 is 20.3 Å². The van der Waals surface area contributed by atoms with E-state index in [9.17, 15) is 14.4 Å². The summed E-state index contributed by atoms with van der Waals surface area (Å²) in [4.78, 5) is 40.4. The fraction of sp³-hybridized carbons (Fsp3) is 0.548. The standard InChI is InChI=1S/C42H53N7O4S2/c1-42(2,3)53-41(52)49-20-18-30(19-21-49)32-15-8-11-28(23-32)25-36(51)44-40-48-46-38(55-40)34-17-9-16-33(26-34)37-45-47-39(54-37)43-35(50)24-27-10-7-14-31(22-27)29-12-5-4-6-13-29/h7-8,10-11,14-15,22-23,29-30,33-34H,4-6,9,12-13,16-21,24-26H2,1-3H3,(H,43,47,50)(H,44,48,51)/t33-,34-/m0/s1. The summed E-state index contributed by atoms with van der Waals surface area (Å²) in [5, 5.41) is 26.5. The van der Waals surface area contributed by atoms with Crippen molar-refractivity contribution in [3.63, 3.8) is 0 Å². The smallest absolute Gasteiger partial charge is 0.410 e. The molecule has 2 saturated carbocycles. The van der Waals surface area contributed by atoms with Crippen molar-refractivity contribution >= 4 is 50.8 Å². The SMILES string of the molecule is CC(C)(C)OC(=O)N1CCC(c2cccc(CC(=O)Nc3nnc([C@H]4CCC[C@H](c5nnc(NC(=O)Cc6cccc(C7CCCCC7)c6)s5)C4)s3)c2)CC1. The number of ether oxygens (including phenoxy) is 1. The van der Waals surface area contributed by atoms with Crippen molar-refractivity contribution in [1.29, 1.82) is 0 Å². The van der Waals surface area contributed by atoms with E-state index in [0.717, 1.165) is 59.7 Å². The zero-order valence-corrected chi connectivity index (χ0v) is 33.9. The minimum Gasteiger partial charge on any atom is -0.444 e. The number of hydrogen-bond acceptors (Lipinski definition) is 10. The molecule has 2 aromatic heterocycles. The molecule has 4 aromatic rings. The fourth-order valence-corrected chi connectivity index (χ4v) is 10.1. The predicted octanol–water partition coefficient (Wildman–Crippen LogP) is 9.36. The van der Waals surface area contributed by atoms with Crippen molar-refractivity contribution in [2.75, 3.05) is 23.7 Å². The van der Waals surface area contributed by atoms with Gasteiger partial charge in [-0.1, -0.05) is 96.9 Å². The summed E-state index contributed by atoms with van der Waals surface area (Å²) in [5.74, 6) is 1.19. The van der Waals surface area contributed by atoms with E-state index in [1.165, 1.54) is 65.9 Å². The quantitative estimate of drug-likeness (QED) is 0.162. The number of aromatic nitrogens is 4. The zero-order chi connectivity index (χ0) is 38.4. The minimum absolute atomic E-state index is 0.0708. The van der Waals surface area contributed by atoms with Gasteiger partial charge in [-0.15, -0.1) is 20.4 Å². The van der Waals surface area contributed by atoms with Crippen LogP contribution in [-0.4, -0.2) is 61.9 Å². The summed E-state index contributed by atoms with van der Waals surface area (Å²) >= 11 is 2.91. The van der Waals surface area contributed by atoms with Crippen LogP contribution in [0.1, 0.15) is 147 Å². The van der Waals surface area contributed by atoms with E-state index in [2.05, 4.69) is 61.4 Å². The van der Waals surface area contributed by atoms with Crippen molar-refractivity contribution in [2.24, 2.45) is 0 Å². The van der Waals surface area contributed by atoms with Gasteiger partial charge in [0.15, 0.2) is 0 Å². The third-order valence-electron chi connectivity index (χ3n) is 11.1. The molecular formula is C42H53N7O4S2. The minimum atomic E-state index is -0.507. The molecule has 2 aromatic carbocycles. The summed E-state index contributed by atoms with van der Waals surface area (Å²) in [6, 6.07) is 16.7. The highest BCUT2D eigenvalue weighted by Gasteiger charge is 2.30. The molecule has 1 saturated heterocycles. The van der Waals surface area contributed by atoms with Crippen LogP contribution in [-0.2, 0) is 27.2 Å². The maximum atomic E-state index is 13.1. The molecule has 3 fully saturated rings. The Bertz CT molecular complexity index is 1940. The zero-order valence-electron chi connectivity index (χ0n) is 32.2. The van der Waals surface area contributed by atoms with Crippen LogP contribution in [0.3, 0.4) is 0 Å². The second-order valence-electron chi connectivity index (χ2n) is 16.5. The Hall–Kier alpha value is -4.23. The molecule has 1 aliphatic heterocycles. The second kappa shape index (κ2) is 17.7. The summed E-state index contributed by atoms with van der Waals surface area (Å²) in [6.07, 6.45) is 12.3. The van der Waals surface area contributed by atoms with Crippen LogP contribution < -0.4 is 10.6 Å². The number of nitrogens with one attached hydrogen (secondary N) is 2. The Morgan fingerprint density at radius 2 is 1.16 bits per heavy atom. The Morgan fingerprint density at radius 3 is 1.67 bits per heavy atom. The number of carbonyl (C=O) groups excluding carboxylic acids is 3. The van der Waals surface area contributed by atoms with Gasteiger partial charge in [-0.2, -0.15) is 0 Å². The molecule has 13 heteroatoms. The first-order valence-corrected chi connectivity index (χ1v) is 21.6. The maximum Gasteiger partial charge on any atom is 0.410 e. The lowest BCUT2D eigenvalue weighted by atomic mass is 9.82. The van der Waals surface area contributed by atoms with Crippen LogP contribution in [0.15, 0.2) is 48.5 Å². The summed E-state index contributed by atoms with van der Waals surface area (Å²) in [6.45, 7) is 6.96. The summed E-state index contributed by atoms with van der Waals surface area (Å²) < 4.78 is 5.55. The van der Waals surface area contributed by atoms with E-state index in [4.69, 9.17) is 4.74 Å². The molecular weight excluding hydrogens is 731 g/mol. The third-order valence-corrected chi connectivity index (χ3v) is 13.1. The van der Waals surface area contributed by atoms with E-state index in [-0.39, 0.29) is 36.2 Å². The molecule has 11 nitrogen and oxygen atoms in total. The molecule has 0 spiro atoms. The first kappa shape index (κ1) is 39.0. The molecule has 0 radical (unpaired) electrons. The topological polar surface area (TPSA) is 139 Å². The van der Waals surface area contributed by atoms with Crippen molar-refractivity contribution in [2.45, 2.75) is 134 Å². The van der Waals surface area contributed by atoms with Gasteiger partial charge in [-0.3, -0.25) is 9.59 Å². The van der Waals surface area contributed by atoms with Crippen molar-refractivity contribution < 1.29 is 19.1 Å². The van der Waals surface area contributed by atoms with Gasteiger partial charge in [-0.25, -0.2) is 4.79 Å². The van der Waals surface area contributed by atoms with Gasteiger partial charge in [0.25, 0.3) is 0 Å². The lowest BCUT2D eigenvalue weighted by Gasteiger charge is -2.33. The van der Waals surface area contributed by atoms with Gasteiger partial charge >= 0.3 is 6.09 Å². The predicted molar refractivity (Wildman–Crippen MR) is 217 cm³/mol. The summed E-state index contributed by atoms with van der Waals surface area (Å²) in [5.41, 5.74) is 4.02. The van der Waals surface area contributed by atoms with Crippen LogP contribution in [0.25, 0.3) is 0 Å². The van der Waals surface area contributed by atoms with E-state index in [1.54, 1.807) is 4.90 Å². The average Bonchev–Trinajstić information content (AvgIpc) is 3.85. The van der Waals surface area contributed by atoms with E-state index in [1.807, 2.05) is 39.0 Å². The average molecular weight is 784 g/mol. The molecule has 7 rings (SSSR count). The van der Waals surface area contributed by atoms with Gasteiger partial charge in [-0.05, 0) is 99.8 Å². The van der Waals surface area contributed by atoms with Crippen LogP contribution in [0, 0.1) is 0 Å². The molecule has 0 unspecified atom stereocenters. The van der Waals surface area contributed by atoms with Gasteiger partial charge in [0.1, 0.15) is 15.6 Å². The first-order valence-electron chi connectivity index (χ1n) is 20.0. The number of hydrogen-bond donors (Lipinski definition) is 2. The Kier molecular flexibility index (Phi) is 12.6. The fourth-order valence-electron chi connectivity index (χ4n) is 8.31. The largest absolute Gasteiger partial charge is 0.444 e. The normalized spacial score (nSPS) is 19.9. The number of amides is 3. The number of benzene rings is 2. The highest BCUT2D eigenvalue weighted by atomic mass is 32.1. The van der Waals surface area contributed by atoms with Crippen LogP contribution in [0.2, 0.25) is 0 Å². The lowest BCUT2D eigenvalue weighted by molar-refractivity contribution is -0.116. The van der Waals surface area contributed by atoms with Gasteiger partial charge in [0.2, 0.25) is 22.1 Å². The number of rotatable bonds is 10. The van der Waals surface area contributed by atoms with Crippen molar-refractivity contribution in [3.05, 3.63) is 80.8 Å². The molecule has 3 amide bonds. The number of carbonyl (C=O) groups is 3. The highest BCUT2D eigenvalue weighted by molar-refractivity contribution is 7.15. The molecule has 2 atom stereocenters. The van der Waals surface area contributed by atoms with E-state index < -0.39 is 5.60 Å². The number of nitrogens with zero attached hydrogens (tertiary/aromatic N) is 5. The number of likely N-dealkylation sites (tertiary alicyclic amines) is 1. The molecule has 55 heavy (non-hydrogen) atoms. The van der Waals surface area contributed by atoms with Gasteiger partial charge in [0.05, 0.1) is 12.8 Å². The number of piperidine rings is 1. The first-order chi connectivity index (χ1) is 26.5. The van der Waals surface area contributed by atoms with Crippen LogP contribution >= 0.6 is 22.7 Å². The Morgan fingerprint density at radius 1 is 0.673 bits per heavy atom. The van der Waals surface area contributed by atoms with Crippen molar-refractivity contribution in [1.82, 2.24) is 25.3 Å². The van der Waals surface area contributed by atoms with Crippen molar-refractivity contribution in [3.8, 4) is 0 Å². The van der Waals surface area contributed by atoms with Crippen LogP contribution in [0.4, 0.5) is 15.1 Å². The summed E-state index contributed by atoms with van der Waals surface area (Å²) in [7, 11) is 0. The monoisotopic (exact) mass is 783 g/mol. The second-order valence-corrected chi connectivity index (χ2v) is 18.5. The Labute approximate surface area is 332 Å². The molecule has 292 valence electrons. The molecule has 3 aliphatic rings. The maximum absolute atomic E-state index is 13.1. The third kappa shape index (κ3) is 10.8.